The molecule has 0 aromatic heterocycles. The van der Waals surface area contributed by atoms with Crippen LogP contribution in [-0.4, -0.2) is 67.3 Å². The molecular formula is C15H31N3O. The fraction of sp³-hybridized carbons (Fsp3) is 1.00. The molecule has 4 nitrogen and oxygen atoms in total. The highest BCUT2D eigenvalue weighted by molar-refractivity contribution is 4.90. The third-order valence-electron chi connectivity index (χ3n) is 5.06. The van der Waals surface area contributed by atoms with Gasteiger partial charge in [0.15, 0.2) is 0 Å². The predicted molar refractivity (Wildman–Crippen MR) is 79.1 cm³/mol. The Labute approximate surface area is 117 Å². The van der Waals surface area contributed by atoms with E-state index >= 15 is 0 Å². The standard InChI is InChI=1S/C15H31N3O/c1-14-3-2-4-15(11-14,12-16)13-18-7-5-17(6-8-18)9-10-19/h14,19H,2-13,16H2,1H3. The van der Waals surface area contributed by atoms with Crippen LogP contribution in [0.25, 0.3) is 0 Å². The van der Waals surface area contributed by atoms with Crippen LogP contribution in [0.2, 0.25) is 0 Å². The van der Waals surface area contributed by atoms with Crippen molar-refractivity contribution in [1.29, 1.82) is 0 Å². The summed E-state index contributed by atoms with van der Waals surface area (Å²) in [6.45, 7) is 9.97. The molecule has 2 fully saturated rings. The normalized spacial score (nSPS) is 34.6. The van der Waals surface area contributed by atoms with Gasteiger partial charge in [0.25, 0.3) is 0 Å². The average Bonchev–Trinajstić information content (AvgIpc) is 2.41. The second kappa shape index (κ2) is 7.02. The molecular weight excluding hydrogens is 238 g/mol. The SMILES string of the molecule is CC1CCCC(CN)(CN2CCN(CCO)CC2)C1. The average molecular weight is 269 g/mol. The van der Waals surface area contributed by atoms with E-state index < -0.39 is 0 Å². The van der Waals surface area contributed by atoms with Gasteiger partial charge in [-0.05, 0) is 30.7 Å². The predicted octanol–water partition coefficient (Wildman–Crippen LogP) is 0.752. The summed E-state index contributed by atoms with van der Waals surface area (Å²) in [5.74, 6) is 0.841. The highest BCUT2D eigenvalue weighted by atomic mass is 16.3. The maximum Gasteiger partial charge on any atom is 0.0558 e. The minimum atomic E-state index is 0.282. The first kappa shape index (κ1) is 15.2. The number of hydrogen-bond donors (Lipinski definition) is 2. The van der Waals surface area contributed by atoms with Crippen LogP contribution >= 0.6 is 0 Å². The van der Waals surface area contributed by atoms with E-state index in [1.807, 2.05) is 0 Å². The van der Waals surface area contributed by atoms with Gasteiger partial charge < -0.3 is 15.7 Å². The lowest BCUT2D eigenvalue weighted by molar-refractivity contribution is 0.0498. The Morgan fingerprint density at radius 3 is 2.47 bits per heavy atom. The fourth-order valence-electron chi connectivity index (χ4n) is 3.95. The first-order valence-electron chi connectivity index (χ1n) is 7.93. The van der Waals surface area contributed by atoms with Gasteiger partial charge in [-0.3, -0.25) is 4.90 Å². The Morgan fingerprint density at radius 2 is 1.89 bits per heavy atom. The summed E-state index contributed by atoms with van der Waals surface area (Å²) in [6, 6.07) is 0. The van der Waals surface area contributed by atoms with Gasteiger partial charge in [-0.2, -0.15) is 0 Å². The van der Waals surface area contributed by atoms with Crippen molar-refractivity contribution in [2.75, 3.05) is 52.4 Å². The van der Waals surface area contributed by atoms with Crippen LogP contribution in [0.3, 0.4) is 0 Å². The number of nitrogens with zero attached hydrogens (tertiary/aromatic N) is 2. The summed E-state index contributed by atoms with van der Waals surface area (Å²) in [7, 11) is 0. The molecule has 1 heterocycles. The van der Waals surface area contributed by atoms with E-state index in [-0.39, 0.29) is 6.61 Å². The Hall–Kier alpha value is -0.160. The summed E-state index contributed by atoms with van der Waals surface area (Å²) in [6.07, 6.45) is 5.35. The van der Waals surface area contributed by atoms with Crippen LogP contribution in [0.15, 0.2) is 0 Å². The molecule has 2 rings (SSSR count). The smallest absolute Gasteiger partial charge is 0.0558 e. The summed E-state index contributed by atoms with van der Waals surface area (Å²) in [4.78, 5) is 4.95. The largest absolute Gasteiger partial charge is 0.395 e. The molecule has 4 heteroatoms. The number of nitrogens with two attached hydrogens (primary N) is 1. The lowest BCUT2D eigenvalue weighted by atomic mass is 9.69. The highest BCUT2D eigenvalue weighted by Crippen LogP contribution is 2.39. The molecule has 2 aliphatic rings. The molecule has 0 aromatic carbocycles. The zero-order valence-electron chi connectivity index (χ0n) is 12.5. The van der Waals surface area contributed by atoms with Crippen molar-refractivity contribution in [1.82, 2.24) is 9.80 Å². The first-order valence-corrected chi connectivity index (χ1v) is 7.93. The zero-order valence-corrected chi connectivity index (χ0v) is 12.5. The third kappa shape index (κ3) is 4.15. The van der Waals surface area contributed by atoms with Crippen molar-refractivity contribution in [3.63, 3.8) is 0 Å². The topological polar surface area (TPSA) is 52.7 Å². The molecule has 1 saturated carbocycles. The van der Waals surface area contributed by atoms with Gasteiger partial charge in [0.05, 0.1) is 6.61 Å². The number of β-amino-alcohol motifs (C(OH)–C–C–N with tert-alkyl or cyclic N) is 1. The van der Waals surface area contributed by atoms with E-state index in [1.54, 1.807) is 0 Å². The quantitative estimate of drug-likeness (QED) is 0.773. The van der Waals surface area contributed by atoms with Gasteiger partial charge in [0.1, 0.15) is 0 Å². The zero-order chi connectivity index (χ0) is 13.7. The van der Waals surface area contributed by atoms with E-state index in [0.29, 0.717) is 5.41 Å². The minimum absolute atomic E-state index is 0.282. The van der Waals surface area contributed by atoms with Gasteiger partial charge in [0, 0.05) is 39.3 Å². The van der Waals surface area contributed by atoms with E-state index in [4.69, 9.17) is 10.8 Å². The second-order valence-electron chi connectivity index (χ2n) is 6.75. The van der Waals surface area contributed by atoms with Crippen LogP contribution in [0.5, 0.6) is 0 Å². The molecule has 19 heavy (non-hydrogen) atoms. The maximum atomic E-state index is 8.98. The molecule has 2 unspecified atom stereocenters. The fourth-order valence-corrected chi connectivity index (χ4v) is 3.95. The number of aliphatic hydroxyl groups is 1. The summed E-state index contributed by atoms with van der Waals surface area (Å²) < 4.78 is 0. The van der Waals surface area contributed by atoms with Crippen LogP contribution in [0, 0.1) is 11.3 Å². The van der Waals surface area contributed by atoms with Crippen molar-refractivity contribution in [2.45, 2.75) is 32.6 Å². The molecule has 0 bridgehead atoms. The van der Waals surface area contributed by atoms with E-state index in [0.717, 1.165) is 45.2 Å². The molecule has 0 spiro atoms. The lowest BCUT2D eigenvalue weighted by Gasteiger charge is -2.45. The minimum Gasteiger partial charge on any atom is -0.395 e. The van der Waals surface area contributed by atoms with Crippen molar-refractivity contribution < 1.29 is 5.11 Å². The summed E-state index contributed by atoms with van der Waals surface area (Å²) >= 11 is 0. The molecule has 2 atom stereocenters. The van der Waals surface area contributed by atoms with E-state index in [2.05, 4.69) is 16.7 Å². The monoisotopic (exact) mass is 269 g/mol. The Bertz CT molecular complexity index is 266. The molecule has 1 saturated heterocycles. The molecule has 0 aromatic rings. The van der Waals surface area contributed by atoms with Crippen molar-refractivity contribution in [3.8, 4) is 0 Å². The molecule has 112 valence electrons. The van der Waals surface area contributed by atoms with E-state index in [9.17, 15) is 0 Å². The van der Waals surface area contributed by atoms with Gasteiger partial charge in [-0.25, -0.2) is 0 Å². The number of rotatable bonds is 5. The lowest BCUT2D eigenvalue weighted by Crippen LogP contribution is -2.52. The van der Waals surface area contributed by atoms with Gasteiger partial charge in [-0.15, -0.1) is 0 Å². The highest BCUT2D eigenvalue weighted by Gasteiger charge is 2.35. The Balaban J connectivity index is 1.82. The molecule has 1 aliphatic heterocycles. The van der Waals surface area contributed by atoms with Crippen LogP contribution < -0.4 is 5.73 Å². The molecule has 0 radical (unpaired) electrons. The molecule has 3 N–H and O–H groups in total. The number of piperazine rings is 1. The molecule has 0 amide bonds. The number of hydrogen-bond acceptors (Lipinski definition) is 4. The van der Waals surface area contributed by atoms with Crippen LogP contribution in [0.4, 0.5) is 0 Å². The Morgan fingerprint density at radius 1 is 1.21 bits per heavy atom. The second-order valence-corrected chi connectivity index (χ2v) is 6.75. The molecule has 1 aliphatic carbocycles. The van der Waals surface area contributed by atoms with Gasteiger partial charge in [0.2, 0.25) is 0 Å². The Kier molecular flexibility index (Phi) is 5.63. The van der Waals surface area contributed by atoms with Crippen molar-refractivity contribution in [3.05, 3.63) is 0 Å². The van der Waals surface area contributed by atoms with E-state index in [1.165, 1.54) is 32.2 Å². The first-order chi connectivity index (χ1) is 9.17. The number of aliphatic hydroxyl groups excluding tert-OH is 1. The van der Waals surface area contributed by atoms with Gasteiger partial charge in [-0.1, -0.05) is 19.8 Å². The van der Waals surface area contributed by atoms with Crippen LogP contribution in [-0.2, 0) is 0 Å². The van der Waals surface area contributed by atoms with Gasteiger partial charge >= 0.3 is 0 Å². The summed E-state index contributed by atoms with van der Waals surface area (Å²) in [5.41, 5.74) is 6.49. The van der Waals surface area contributed by atoms with Crippen LogP contribution in [0.1, 0.15) is 32.6 Å². The van der Waals surface area contributed by atoms with Crippen molar-refractivity contribution >= 4 is 0 Å². The van der Waals surface area contributed by atoms with Crippen molar-refractivity contribution in [2.24, 2.45) is 17.1 Å². The third-order valence-corrected chi connectivity index (χ3v) is 5.06. The maximum absolute atomic E-state index is 8.98. The summed E-state index contributed by atoms with van der Waals surface area (Å²) in [5, 5.41) is 8.98.